The number of ether oxygens (including phenoxy) is 2. The summed E-state index contributed by atoms with van der Waals surface area (Å²) in [6, 6.07) is 3.79. The van der Waals surface area contributed by atoms with Crippen molar-refractivity contribution in [1.82, 2.24) is 0 Å². The van der Waals surface area contributed by atoms with Gasteiger partial charge < -0.3 is 15.2 Å². The summed E-state index contributed by atoms with van der Waals surface area (Å²) in [6.07, 6.45) is -1.53. The highest BCUT2D eigenvalue weighted by molar-refractivity contribution is 5.42. The van der Waals surface area contributed by atoms with E-state index in [1.807, 2.05) is 0 Å². The molecule has 1 saturated carbocycles. The molecule has 3 nitrogen and oxygen atoms in total. The molecular weight excluding hydrogens is 259 g/mol. The van der Waals surface area contributed by atoms with E-state index in [-0.39, 0.29) is 11.8 Å². The van der Waals surface area contributed by atoms with Gasteiger partial charge in [0.2, 0.25) is 0 Å². The molecule has 1 aliphatic rings. The van der Waals surface area contributed by atoms with Crippen LogP contribution in [0, 0.1) is 5.92 Å². The maximum Gasteiger partial charge on any atom is 0.573 e. The first-order chi connectivity index (χ1) is 8.89. The lowest BCUT2D eigenvalue weighted by Crippen LogP contribution is -2.17. The minimum absolute atomic E-state index is 0.220. The van der Waals surface area contributed by atoms with Crippen LogP contribution in [-0.2, 0) is 0 Å². The Morgan fingerprint density at radius 2 is 2.05 bits per heavy atom. The van der Waals surface area contributed by atoms with E-state index in [4.69, 9.17) is 10.5 Å². The maximum atomic E-state index is 12.1. The molecule has 2 N–H and O–H groups in total. The van der Waals surface area contributed by atoms with E-state index in [0.29, 0.717) is 17.2 Å². The predicted molar refractivity (Wildman–Crippen MR) is 63.9 cm³/mol. The molecule has 0 aromatic heterocycles. The zero-order chi connectivity index (χ0) is 14.0. The SMILES string of the molecule is COc1cc(OC(F)(F)F)ccc1[C@H](N)CC1CC1. The van der Waals surface area contributed by atoms with Gasteiger partial charge >= 0.3 is 6.36 Å². The number of methoxy groups -OCH3 is 1. The van der Waals surface area contributed by atoms with Crippen LogP contribution in [0.3, 0.4) is 0 Å². The van der Waals surface area contributed by atoms with E-state index in [0.717, 1.165) is 6.42 Å². The number of hydrogen-bond acceptors (Lipinski definition) is 3. The van der Waals surface area contributed by atoms with Gasteiger partial charge in [-0.05, 0) is 18.4 Å². The van der Waals surface area contributed by atoms with Gasteiger partial charge in [-0.2, -0.15) is 0 Å². The van der Waals surface area contributed by atoms with Crippen LogP contribution in [0.4, 0.5) is 13.2 Å². The highest BCUT2D eigenvalue weighted by atomic mass is 19.4. The summed E-state index contributed by atoms with van der Waals surface area (Å²) in [6.45, 7) is 0. The fourth-order valence-electron chi connectivity index (χ4n) is 2.03. The van der Waals surface area contributed by atoms with E-state index >= 15 is 0 Å². The Morgan fingerprint density at radius 1 is 1.37 bits per heavy atom. The lowest BCUT2D eigenvalue weighted by Gasteiger charge is -2.17. The molecule has 0 spiro atoms. The van der Waals surface area contributed by atoms with Crippen molar-refractivity contribution in [3.63, 3.8) is 0 Å². The number of benzene rings is 1. The molecule has 1 fully saturated rings. The Labute approximate surface area is 109 Å². The first kappa shape index (κ1) is 14.0. The average molecular weight is 275 g/mol. The molecule has 0 radical (unpaired) electrons. The Hall–Kier alpha value is -1.43. The van der Waals surface area contributed by atoms with Crippen molar-refractivity contribution in [2.75, 3.05) is 7.11 Å². The van der Waals surface area contributed by atoms with Crippen molar-refractivity contribution in [1.29, 1.82) is 0 Å². The lowest BCUT2D eigenvalue weighted by atomic mass is 10.0. The van der Waals surface area contributed by atoms with Crippen LogP contribution in [0.15, 0.2) is 18.2 Å². The molecule has 0 unspecified atom stereocenters. The smallest absolute Gasteiger partial charge is 0.496 e. The monoisotopic (exact) mass is 275 g/mol. The highest BCUT2D eigenvalue weighted by Crippen LogP contribution is 2.39. The van der Waals surface area contributed by atoms with Gasteiger partial charge in [0.15, 0.2) is 0 Å². The van der Waals surface area contributed by atoms with E-state index in [1.165, 1.54) is 38.2 Å². The van der Waals surface area contributed by atoms with Crippen molar-refractivity contribution in [2.24, 2.45) is 11.7 Å². The van der Waals surface area contributed by atoms with E-state index in [1.54, 1.807) is 0 Å². The number of alkyl halides is 3. The minimum Gasteiger partial charge on any atom is -0.496 e. The summed E-state index contributed by atoms with van der Waals surface area (Å²) in [7, 11) is 1.40. The first-order valence-electron chi connectivity index (χ1n) is 6.08. The molecule has 0 bridgehead atoms. The van der Waals surface area contributed by atoms with Crippen LogP contribution >= 0.6 is 0 Å². The fourth-order valence-corrected chi connectivity index (χ4v) is 2.03. The van der Waals surface area contributed by atoms with E-state index in [9.17, 15) is 13.2 Å². The normalized spacial score (nSPS) is 17.1. The molecule has 6 heteroatoms. The molecule has 1 aliphatic carbocycles. The van der Waals surface area contributed by atoms with Crippen LogP contribution in [0.5, 0.6) is 11.5 Å². The minimum atomic E-state index is -4.71. The molecule has 1 aromatic carbocycles. The van der Waals surface area contributed by atoms with Gasteiger partial charge in [-0.3, -0.25) is 0 Å². The second kappa shape index (κ2) is 5.28. The lowest BCUT2D eigenvalue weighted by molar-refractivity contribution is -0.274. The van der Waals surface area contributed by atoms with Crippen molar-refractivity contribution in [2.45, 2.75) is 31.7 Å². The molecule has 1 aromatic rings. The maximum absolute atomic E-state index is 12.1. The summed E-state index contributed by atoms with van der Waals surface area (Å²) < 4.78 is 45.3. The average Bonchev–Trinajstić information content (AvgIpc) is 3.10. The number of nitrogens with two attached hydrogens (primary N) is 1. The standard InChI is InChI=1S/C13H16F3NO2/c1-18-12-7-9(19-13(14,15)16)4-5-10(12)11(17)6-8-2-3-8/h4-5,7-8,11H,2-3,6,17H2,1H3/t11-/m1/s1. The van der Waals surface area contributed by atoms with Gasteiger partial charge in [-0.15, -0.1) is 13.2 Å². The summed E-state index contributed by atoms with van der Waals surface area (Å²) in [5.41, 5.74) is 6.76. The van der Waals surface area contributed by atoms with Crippen LogP contribution in [0.1, 0.15) is 30.9 Å². The van der Waals surface area contributed by atoms with Crippen molar-refractivity contribution in [3.05, 3.63) is 23.8 Å². The molecule has 0 aliphatic heterocycles. The molecule has 2 rings (SSSR count). The second-order valence-corrected chi connectivity index (χ2v) is 4.74. The van der Waals surface area contributed by atoms with Crippen LogP contribution in [-0.4, -0.2) is 13.5 Å². The fraction of sp³-hybridized carbons (Fsp3) is 0.538. The molecular formula is C13H16F3NO2. The molecule has 1 atom stereocenters. The quantitative estimate of drug-likeness (QED) is 0.895. The largest absolute Gasteiger partial charge is 0.573 e. The first-order valence-corrected chi connectivity index (χ1v) is 6.08. The Balaban J connectivity index is 2.15. The summed E-state index contributed by atoms with van der Waals surface area (Å²) in [5.74, 6) is 0.660. The third-order valence-electron chi connectivity index (χ3n) is 3.12. The molecule has 0 heterocycles. The third-order valence-corrected chi connectivity index (χ3v) is 3.12. The van der Waals surface area contributed by atoms with Gasteiger partial charge in [0.25, 0.3) is 0 Å². The van der Waals surface area contributed by atoms with Crippen LogP contribution < -0.4 is 15.2 Å². The summed E-state index contributed by atoms with van der Waals surface area (Å²) in [4.78, 5) is 0. The predicted octanol–water partition coefficient (Wildman–Crippen LogP) is 3.39. The van der Waals surface area contributed by atoms with Gasteiger partial charge in [0, 0.05) is 17.7 Å². The van der Waals surface area contributed by atoms with Gasteiger partial charge in [0.1, 0.15) is 11.5 Å². The highest BCUT2D eigenvalue weighted by Gasteiger charge is 2.32. The second-order valence-electron chi connectivity index (χ2n) is 4.74. The van der Waals surface area contributed by atoms with Crippen LogP contribution in [0.2, 0.25) is 0 Å². The zero-order valence-electron chi connectivity index (χ0n) is 10.5. The van der Waals surface area contributed by atoms with Gasteiger partial charge in [-0.25, -0.2) is 0 Å². The van der Waals surface area contributed by atoms with E-state index in [2.05, 4.69) is 4.74 Å². The Bertz CT molecular complexity index is 444. The van der Waals surface area contributed by atoms with Gasteiger partial charge in [0.05, 0.1) is 7.11 Å². The molecule has 0 amide bonds. The van der Waals surface area contributed by atoms with Gasteiger partial charge in [-0.1, -0.05) is 18.9 Å². The summed E-state index contributed by atoms with van der Waals surface area (Å²) >= 11 is 0. The molecule has 106 valence electrons. The summed E-state index contributed by atoms with van der Waals surface area (Å²) in [5, 5.41) is 0. The van der Waals surface area contributed by atoms with Crippen molar-refractivity contribution < 1.29 is 22.6 Å². The Kier molecular flexibility index (Phi) is 3.89. The van der Waals surface area contributed by atoms with Crippen molar-refractivity contribution >= 4 is 0 Å². The Morgan fingerprint density at radius 3 is 2.58 bits per heavy atom. The number of halogens is 3. The topological polar surface area (TPSA) is 44.5 Å². The van der Waals surface area contributed by atoms with E-state index < -0.39 is 6.36 Å². The van der Waals surface area contributed by atoms with Crippen LogP contribution in [0.25, 0.3) is 0 Å². The molecule has 0 saturated heterocycles. The third kappa shape index (κ3) is 4.02. The number of rotatable bonds is 5. The van der Waals surface area contributed by atoms with Crippen molar-refractivity contribution in [3.8, 4) is 11.5 Å². The molecule has 19 heavy (non-hydrogen) atoms. The number of hydrogen-bond donors (Lipinski definition) is 1. The zero-order valence-corrected chi connectivity index (χ0v) is 10.5.